The molecule has 0 bridgehead atoms. The Balaban J connectivity index is 1.84. The smallest absolute Gasteiger partial charge is 0.237 e. The number of hydrogen-bond acceptors (Lipinski definition) is 4. The molecule has 2 heterocycles. The number of amides is 1. The lowest BCUT2D eigenvalue weighted by molar-refractivity contribution is -0.124. The van der Waals surface area contributed by atoms with Gasteiger partial charge in [0.2, 0.25) is 5.91 Å². The molecule has 1 saturated heterocycles. The van der Waals surface area contributed by atoms with Gasteiger partial charge in [0.1, 0.15) is 0 Å². The first-order valence-electron chi connectivity index (χ1n) is 5.78. The molecule has 1 atom stereocenters. The fourth-order valence-electron chi connectivity index (χ4n) is 2.02. The molecule has 1 amide bonds. The number of carbonyl (C=O) groups is 1. The van der Waals surface area contributed by atoms with Crippen LogP contribution in [-0.2, 0) is 11.2 Å². The Morgan fingerprint density at radius 2 is 2.33 bits per heavy atom. The third-order valence-electron chi connectivity index (χ3n) is 2.90. The van der Waals surface area contributed by atoms with Gasteiger partial charge in [0.15, 0.2) is 0 Å². The molecule has 0 spiro atoms. The number of piperazine rings is 1. The molecule has 1 aromatic heterocycles. The van der Waals surface area contributed by atoms with Crippen LogP contribution in [0.5, 0.6) is 0 Å². The fourth-order valence-corrected chi connectivity index (χ4v) is 3.18. The summed E-state index contributed by atoms with van der Waals surface area (Å²) in [5.74, 6) is 0.0542. The second-order valence-electron chi connectivity index (χ2n) is 4.22. The summed E-state index contributed by atoms with van der Waals surface area (Å²) in [6, 6.07) is 5.50. The van der Waals surface area contributed by atoms with Crippen molar-refractivity contribution in [2.75, 3.05) is 13.1 Å². The summed E-state index contributed by atoms with van der Waals surface area (Å²) in [7, 11) is 0. The summed E-state index contributed by atoms with van der Waals surface area (Å²) in [4.78, 5) is 16.2. The van der Waals surface area contributed by atoms with Gasteiger partial charge in [0, 0.05) is 24.5 Å². The fraction of sp³-hybridized carbons (Fsp3) is 0.333. The highest BCUT2D eigenvalue weighted by molar-refractivity contribution is 7.18. The molecule has 94 valence electrons. The molecule has 2 N–H and O–H groups in total. The summed E-state index contributed by atoms with van der Waals surface area (Å²) >= 11 is 7.54. The second-order valence-corrected chi connectivity index (χ2v) is 5.77. The van der Waals surface area contributed by atoms with Crippen LogP contribution in [0.3, 0.4) is 0 Å². The van der Waals surface area contributed by atoms with Crippen molar-refractivity contribution >= 4 is 39.1 Å². The summed E-state index contributed by atoms with van der Waals surface area (Å²) in [6.45, 7) is 1.51. The molecule has 3 rings (SSSR count). The third-order valence-corrected chi connectivity index (χ3v) is 4.20. The molecule has 0 saturated carbocycles. The molecule has 1 aliphatic rings. The average Bonchev–Trinajstić information content (AvgIpc) is 2.73. The number of hydrogen-bond donors (Lipinski definition) is 2. The first-order valence-corrected chi connectivity index (χ1v) is 6.98. The van der Waals surface area contributed by atoms with Crippen LogP contribution in [0.2, 0.25) is 5.02 Å². The van der Waals surface area contributed by atoms with Crippen molar-refractivity contribution in [3.63, 3.8) is 0 Å². The van der Waals surface area contributed by atoms with Crippen molar-refractivity contribution < 1.29 is 4.79 Å². The lowest BCUT2D eigenvalue weighted by Gasteiger charge is -2.22. The molecule has 2 aromatic rings. The van der Waals surface area contributed by atoms with Crippen molar-refractivity contribution in [2.24, 2.45) is 0 Å². The molecule has 6 heteroatoms. The van der Waals surface area contributed by atoms with Gasteiger partial charge in [0.05, 0.1) is 21.3 Å². The Morgan fingerprint density at radius 3 is 3.17 bits per heavy atom. The van der Waals surface area contributed by atoms with Crippen LogP contribution in [0, 0.1) is 0 Å². The summed E-state index contributed by atoms with van der Waals surface area (Å²) < 4.78 is 1.10. The van der Waals surface area contributed by atoms with Gasteiger partial charge in [0.25, 0.3) is 0 Å². The maximum Gasteiger partial charge on any atom is 0.237 e. The van der Waals surface area contributed by atoms with Crippen LogP contribution in [0.1, 0.15) is 5.01 Å². The standard InChI is InChI=1S/C12H12ClN3OS/c13-7-1-2-10-8(5-7)16-11(18-10)6-9-12(17)15-4-3-14-9/h1-2,5,9,14H,3-4,6H2,(H,15,17). The Kier molecular flexibility index (Phi) is 3.20. The maximum atomic E-state index is 11.7. The quantitative estimate of drug-likeness (QED) is 0.879. The van der Waals surface area contributed by atoms with Crippen LogP contribution in [0.4, 0.5) is 0 Å². The molecule has 0 radical (unpaired) electrons. The average molecular weight is 282 g/mol. The molecule has 18 heavy (non-hydrogen) atoms. The van der Waals surface area contributed by atoms with Crippen LogP contribution < -0.4 is 10.6 Å². The lowest BCUT2D eigenvalue weighted by atomic mass is 10.1. The van der Waals surface area contributed by atoms with Gasteiger partial charge < -0.3 is 10.6 Å². The van der Waals surface area contributed by atoms with E-state index in [1.54, 1.807) is 11.3 Å². The van der Waals surface area contributed by atoms with Crippen molar-refractivity contribution in [1.29, 1.82) is 0 Å². The molecule has 1 unspecified atom stereocenters. The van der Waals surface area contributed by atoms with Gasteiger partial charge >= 0.3 is 0 Å². The molecular weight excluding hydrogens is 270 g/mol. The van der Waals surface area contributed by atoms with Crippen LogP contribution in [-0.4, -0.2) is 30.0 Å². The number of nitrogens with one attached hydrogen (secondary N) is 2. The topological polar surface area (TPSA) is 54.0 Å². The number of aromatic nitrogens is 1. The zero-order chi connectivity index (χ0) is 12.5. The second kappa shape index (κ2) is 4.84. The zero-order valence-electron chi connectivity index (χ0n) is 9.57. The molecule has 1 fully saturated rings. The highest BCUT2D eigenvalue weighted by Gasteiger charge is 2.22. The Hall–Kier alpha value is -1.17. The number of benzene rings is 1. The SMILES string of the molecule is O=C1NCCNC1Cc1nc2cc(Cl)ccc2s1. The van der Waals surface area contributed by atoms with Crippen molar-refractivity contribution in [2.45, 2.75) is 12.5 Å². The predicted octanol–water partition coefficient (Wildman–Crippen LogP) is 1.58. The molecular formula is C12H12ClN3OS. The Morgan fingerprint density at radius 1 is 1.44 bits per heavy atom. The monoisotopic (exact) mass is 281 g/mol. The van der Waals surface area contributed by atoms with E-state index in [4.69, 9.17) is 11.6 Å². The first-order chi connectivity index (χ1) is 8.72. The molecule has 4 nitrogen and oxygen atoms in total. The normalized spacial score (nSPS) is 20.1. The van der Waals surface area contributed by atoms with Gasteiger partial charge in [-0.3, -0.25) is 4.79 Å². The number of halogens is 1. The van der Waals surface area contributed by atoms with E-state index in [1.165, 1.54) is 0 Å². The van der Waals surface area contributed by atoms with Crippen molar-refractivity contribution in [1.82, 2.24) is 15.6 Å². The maximum absolute atomic E-state index is 11.7. The molecule has 1 aromatic carbocycles. The van der Waals surface area contributed by atoms with E-state index in [2.05, 4.69) is 15.6 Å². The highest BCUT2D eigenvalue weighted by atomic mass is 35.5. The number of carbonyl (C=O) groups excluding carboxylic acids is 1. The van der Waals surface area contributed by atoms with Crippen LogP contribution in [0.15, 0.2) is 18.2 Å². The van der Waals surface area contributed by atoms with Crippen molar-refractivity contribution in [3.05, 3.63) is 28.2 Å². The first kappa shape index (κ1) is 11.9. The lowest BCUT2D eigenvalue weighted by Crippen LogP contribution is -2.53. The van der Waals surface area contributed by atoms with Crippen LogP contribution in [0.25, 0.3) is 10.2 Å². The Bertz CT molecular complexity index is 598. The van der Waals surface area contributed by atoms with E-state index < -0.39 is 0 Å². The molecule has 1 aliphatic heterocycles. The number of nitrogens with zero attached hydrogens (tertiary/aromatic N) is 1. The number of fused-ring (bicyclic) bond motifs is 1. The largest absolute Gasteiger partial charge is 0.353 e. The van der Waals surface area contributed by atoms with Gasteiger partial charge in [-0.05, 0) is 18.2 Å². The number of thiazole rings is 1. The zero-order valence-corrected chi connectivity index (χ0v) is 11.1. The van der Waals surface area contributed by atoms with E-state index in [0.29, 0.717) is 18.0 Å². The van der Waals surface area contributed by atoms with E-state index in [1.807, 2.05) is 18.2 Å². The van der Waals surface area contributed by atoms with E-state index in [9.17, 15) is 4.79 Å². The van der Waals surface area contributed by atoms with Gasteiger partial charge in [-0.2, -0.15) is 0 Å². The molecule has 0 aliphatic carbocycles. The van der Waals surface area contributed by atoms with Crippen molar-refractivity contribution in [3.8, 4) is 0 Å². The van der Waals surface area contributed by atoms with Crippen LogP contribution >= 0.6 is 22.9 Å². The van der Waals surface area contributed by atoms with E-state index >= 15 is 0 Å². The summed E-state index contributed by atoms with van der Waals surface area (Å²) in [5, 5.41) is 7.70. The van der Waals surface area contributed by atoms with Gasteiger partial charge in [-0.25, -0.2) is 4.98 Å². The third kappa shape index (κ3) is 2.34. The van der Waals surface area contributed by atoms with Gasteiger partial charge in [-0.1, -0.05) is 11.6 Å². The van der Waals surface area contributed by atoms with E-state index in [-0.39, 0.29) is 11.9 Å². The minimum absolute atomic E-state index is 0.0542. The Labute approximate surface area is 113 Å². The van der Waals surface area contributed by atoms with Gasteiger partial charge in [-0.15, -0.1) is 11.3 Å². The minimum Gasteiger partial charge on any atom is -0.353 e. The number of rotatable bonds is 2. The minimum atomic E-state index is -0.171. The highest BCUT2D eigenvalue weighted by Crippen LogP contribution is 2.25. The summed E-state index contributed by atoms with van der Waals surface area (Å²) in [5.41, 5.74) is 0.902. The predicted molar refractivity (Wildman–Crippen MR) is 73.1 cm³/mol. The summed E-state index contributed by atoms with van der Waals surface area (Å²) in [6.07, 6.45) is 0.628. The van der Waals surface area contributed by atoms with E-state index in [0.717, 1.165) is 21.8 Å².